The van der Waals surface area contributed by atoms with Gasteiger partial charge in [-0.05, 0) is 18.4 Å². The Bertz CT molecular complexity index is 441. The maximum Gasteiger partial charge on any atom is 0.250 e. The van der Waals surface area contributed by atoms with Crippen LogP contribution in [-0.4, -0.2) is 41.7 Å². The van der Waals surface area contributed by atoms with Crippen LogP contribution in [0.4, 0.5) is 0 Å². The van der Waals surface area contributed by atoms with Crippen molar-refractivity contribution in [3.63, 3.8) is 0 Å². The Morgan fingerprint density at radius 2 is 2.21 bits per heavy atom. The highest BCUT2D eigenvalue weighted by atomic mass is 16.1. The lowest BCUT2D eigenvalue weighted by Crippen LogP contribution is -2.52. The lowest BCUT2D eigenvalue weighted by atomic mass is 10.0. The quantitative estimate of drug-likeness (QED) is 0.866. The van der Waals surface area contributed by atoms with Crippen LogP contribution in [0, 0.1) is 5.92 Å². The van der Waals surface area contributed by atoms with Crippen LogP contribution in [0.2, 0.25) is 0 Å². The molecule has 1 aliphatic heterocycles. The molecule has 0 saturated carbocycles. The van der Waals surface area contributed by atoms with Gasteiger partial charge >= 0.3 is 0 Å². The first kappa shape index (κ1) is 14.3. The Labute approximate surface area is 115 Å². The number of piperazine rings is 1. The number of aromatic nitrogens is 1. The number of nitrogens with one attached hydrogen (secondary N) is 1. The molecule has 0 bridgehead atoms. The number of hydrogen-bond donors (Lipinski definition) is 1. The summed E-state index contributed by atoms with van der Waals surface area (Å²) in [6, 6.07) is 5.95. The molecule has 2 heterocycles. The van der Waals surface area contributed by atoms with Crippen molar-refractivity contribution in [1.82, 2.24) is 14.8 Å². The van der Waals surface area contributed by atoms with Crippen molar-refractivity contribution in [1.29, 1.82) is 0 Å². The van der Waals surface area contributed by atoms with Gasteiger partial charge in [-0.1, -0.05) is 19.9 Å². The predicted octanol–water partition coefficient (Wildman–Crippen LogP) is 1.17. The van der Waals surface area contributed by atoms with Gasteiger partial charge in [-0.15, -0.1) is 0 Å². The number of hydrogen-bond acceptors (Lipinski definition) is 3. The van der Waals surface area contributed by atoms with E-state index >= 15 is 0 Å². The van der Waals surface area contributed by atoms with Crippen LogP contribution in [0.1, 0.15) is 20.3 Å². The van der Waals surface area contributed by atoms with Crippen LogP contribution in [0.5, 0.6) is 0 Å². The van der Waals surface area contributed by atoms with E-state index in [1.807, 2.05) is 12.3 Å². The molecule has 19 heavy (non-hydrogen) atoms. The molecule has 1 aromatic rings. The van der Waals surface area contributed by atoms with Gasteiger partial charge in [-0.25, -0.2) is 0 Å². The van der Waals surface area contributed by atoms with Crippen molar-refractivity contribution in [3.8, 4) is 0 Å². The average Bonchev–Trinajstić information content (AvgIpc) is 2.39. The first-order valence-electron chi connectivity index (χ1n) is 7.27. The smallest absolute Gasteiger partial charge is 0.250 e. The lowest BCUT2D eigenvalue weighted by Gasteiger charge is -2.37. The SMILES string of the molecule is CC(C)CC1CNCCN1CCn1ccccc1=O. The number of nitrogens with zero attached hydrogens (tertiary/aromatic N) is 2. The van der Waals surface area contributed by atoms with E-state index in [0.717, 1.165) is 32.7 Å². The first-order valence-corrected chi connectivity index (χ1v) is 7.27. The van der Waals surface area contributed by atoms with E-state index in [4.69, 9.17) is 0 Å². The molecule has 0 radical (unpaired) electrons. The van der Waals surface area contributed by atoms with Crippen molar-refractivity contribution in [3.05, 3.63) is 34.7 Å². The van der Waals surface area contributed by atoms with Crippen LogP contribution in [0.3, 0.4) is 0 Å². The summed E-state index contributed by atoms with van der Waals surface area (Å²) in [5.74, 6) is 0.715. The molecule has 0 spiro atoms. The third-order valence-electron chi connectivity index (χ3n) is 3.74. The molecule has 1 atom stereocenters. The lowest BCUT2D eigenvalue weighted by molar-refractivity contribution is 0.136. The van der Waals surface area contributed by atoms with Crippen LogP contribution >= 0.6 is 0 Å². The Morgan fingerprint density at radius 3 is 2.95 bits per heavy atom. The van der Waals surface area contributed by atoms with Crippen LogP contribution in [0.25, 0.3) is 0 Å². The largest absolute Gasteiger partial charge is 0.314 e. The molecule has 0 aliphatic carbocycles. The minimum absolute atomic E-state index is 0.0954. The Balaban J connectivity index is 1.93. The summed E-state index contributed by atoms with van der Waals surface area (Å²) < 4.78 is 1.80. The third-order valence-corrected chi connectivity index (χ3v) is 3.74. The topological polar surface area (TPSA) is 37.3 Å². The molecule has 1 fully saturated rings. The monoisotopic (exact) mass is 263 g/mol. The van der Waals surface area contributed by atoms with Crippen molar-refractivity contribution in [2.45, 2.75) is 32.9 Å². The highest BCUT2D eigenvalue weighted by Gasteiger charge is 2.22. The zero-order valence-corrected chi connectivity index (χ0v) is 12.0. The van der Waals surface area contributed by atoms with Crippen molar-refractivity contribution >= 4 is 0 Å². The molecular weight excluding hydrogens is 238 g/mol. The summed E-state index contributed by atoms with van der Waals surface area (Å²) in [4.78, 5) is 14.2. The van der Waals surface area contributed by atoms with Gasteiger partial charge in [0.1, 0.15) is 0 Å². The number of pyridine rings is 1. The second-order valence-corrected chi connectivity index (χ2v) is 5.76. The highest BCUT2D eigenvalue weighted by molar-refractivity contribution is 4.93. The molecule has 0 amide bonds. The first-order chi connectivity index (χ1) is 9.16. The van der Waals surface area contributed by atoms with Crippen LogP contribution in [-0.2, 0) is 6.54 Å². The Hall–Kier alpha value is -1.13. The Kier molecular flexibility index (Phi) is 5.16. The van der Waals surface area contributed by atoms with E-state index in [-0.39, 0.29) is 5.56 Å². The molecule has 1 saturated heterocycles. The summed E-state index contributed by atoms with van der Waals surface area (Å²) in [5, 5.41) is 3.47. The summed E-state index contributed by atoms with van der Waals surface area (Å²) in [7, 11) is 0. The highest BCUT2D eigenvalue weighted by Crippen LogP contribution is 2.13. The number of rotatable bonds is 5. The second kappa shape index (κ2) is 6.87. The normalized spacial score (nSPS) is 20.9. The van der Waals surface area contributed by atoms with Crippen LogP contribution < -0.4 is 10.9 Å². The second-order valence-electron chi connectivity index (χ2n) is 5.76. The van der Waals surface area contributed by atoms with E-state index in [2.05, 4.69) is 24.1 Å². The average molecular weight is 263 g/mol. The zero-order chi connectivity index (χ0) is 13.7. The predicted molar refractivity (Wildman–Crippen MR) is 78.4 cm³/mol. The van der Waals surface area contributed by atoms with Gasteiger partial charge in [0, 0.05) is 51.0 Å². The fraction of sp³-hybridized carbons (Fsp3) is 0.667. The molecule has 2 rings (SSSR count). The fourth-order valence-corrected chi connectivity index (χ4v) is 2.76. The van der Waals surface area contributed by atoms with Crippen LogP contribution in [0.15, 0.2) is 29.2 Å². The summed E-state index contributed by atoms with van der Waals surface area (Å²) in [6.45, 7) is 9.50. The molecule has 1 unspecified atom stereocenters. The summed E-state index contributed by atoms with van der Waals surface area (Å²) in [5.41, 5.74) is 0.0954. The van der Waals surface area contributed by atoms with Gasteiger partial charge in [-0.2, -0.15) is 0 Å². The van der Waals surface area contributed by atoms with E-state index in [0.29, 0.717) is 12.0 Å². The van der Waals surface area contributed by atoms with Gasteiger partial charge in [0.15, 0.2) is 0 Å². The van der Waals surface area contributed by atoms with Gasteiger partial charge in [-0.3, -0.25) is 9.69 Å². The van der Waals surface area contributed by atoms with Gasteiger partial charge in [0.05, 0.1) is 0 Å². The van der Waals surface area contributed by atoms with Gasteiger partial charge in [0.25, 0.3) is 5.56 Å². The van der Waals surface area contributed by atoms with Crippen molar-refractivity contribution < 1.29 is 0 Å². The molecule has 4 nitrogen and oxygen atoms in total. The molecule has 4 heteroatoms. The van der Waals surface area contributed by atoms with E-state index in [9.17, 15) is 4.79 Å². The zero-order valence-electron chi connectivity index (χ0n) is 12.0. The molecule has 106 valence electrons. The van der Waals surface area contributed by atoms with Crippen molar-refractivity contribution in [2.75, 3.05) is 26.2 Å². The maximum absolute atomic E-state index is 11.7. The molecule has 1 aliphatic rings. The van der Waals surface area contributed by atoms with Gasteiger partial charge in [0.2, 0.25) is 0 Å². The molecule has 0 aromatic carbocycles. The van der Waals surface area contributed by atoms with Crippen molar-refractivity contribution in [2.24, 2.45) is 5.92 Å². The Morgan fingerprint density at radius 1 is 1.37 bits per heavy atom. The minimum Gasteiger partial charge on any atom is -0.314 e. The standard InChI is InChI=1S/C15H25N3O/c1-13(2)11-14-12-16-6-8-17(14)9-10-18-7-4-3-5-15(18)19/h3-5,7,13-14,16H,6,8-12H2,1-2H3. The minimum atomic E-state index is 0.0954. The fourth-order valence-electron chi connectivity index (χ4n) is 2.76. The summed E-state index contributed by atoms with van der Waals surface area (Å²) in [6.07, 6.45) is 3.10. The van der Waals surface area contributed by atoms with Gasteiger partial charge < -0.3 is 9.88 Å². The summed E-state index contributed by atoms with van der Waals surface area (Å²) >= 11 is 0. The third kappa shape index (κ3) is 4.18. The molecule has 1 aromatic heterocycles. The molecule has 1 N–H and O–H groups in total. The molecular formula is C15H25N3O. The van der Waals surface area contributed by atoms with E-state index in [1.165, 1.54) is 6.42 Å². The van der Waals surface area contributed by atoms with E-state index in [1.54, 1.807) is 16.7 Å². The van der Waals surface area contributed by atoms with E-state index < -0.39 is 0 Å². The maximum atomic E-state index is 11.7.